The number of aryl methyl sites for hydroxylation is 1. The average Bonchev–Trinajstić information content (AvgIpc) is 2.82. The molecule has 2 N–H and O–H groups in total. The van der Waals surface area contributed by atoms with Gasteiger partial charge in [-0.1, -0.05) is 18.2 Å². The van der Waals surface area contributed by atoms with Crippen LogP contribution in [0.2, 0.25) is 0 Å². The van der Waals surface area contributed by atoms with Gasteiger partial charge in [-0.05, 0) is 61.7 Å². The minimum atomic E-state index is -0.492. The van der Waals surface area contributed by atoms with E-state index in [4.69, 9.17) is 4.74 Å². The number of benzene rings is 2. The fourth-order valence-electron chi connectivity index (χ4n) is 3.27. The van der Waals surface area contributed by atoms with Gasteiger partial charge in [0.15, 0.2) is 0 Å². The molecule has 166 valence electrons. The van der Waals surface area contributed by atoms with Gasteiger partial charge >= 0.3 is 0 Å². The highest BCUT2D eigenvalue weighted by atomic mass is 16.6. The lowest BCUT2D eigenvalue weighted by Gasteiger charge is -2.15. The number of ether oxygens (including phenoxy) is 1. The minimum Gasteiger partial charge on any atom is -0.497 e. The van der Waals surface area contributed by atoms with E-state index in [2.05, 4.69) is 15.6 Å². The van der Waals surface area contributed by atoms with Crippen LogP contribution in [-0.2, 0) is 6.42 Å². The molecule has 0 fully saturated rings. The van der Waals surface area contributed by atoms with Gasteiger partial charge in [-0.3, -0.25) is 19.9 Å². The number of amides is 1. The van der Waals surface area contributed by atoms with E-state index in [0.29, 0.717) is 12.2 Å². The molecule has 3 aromatic rings. The van der Waals surface area contributed by atoms with Crippen molar-refractivity contribution < 1.29 is 14.5 Å². The molecule has 32 heavy (non-hydrogen) atoms. The van der Waals surface area contributed by atoms with Crippen LogP contribution in [0, 0.1) is 10.1 Å². The first-order valence-corrected chi connectivity index (χ1v) is 10.3. The number of pyridine rings is 1. The molecule has 1 atom stereocenters. The maximum absolute atomic E-state index is 12.5. The highest BCUT2D eigenvalue weighted by Gasteiger charge is 2.19. The second-order valence-corrected chi connectivity index (χ2v) is 7.32. The number of anilines is 1. The standard InChI is InChI=1S/C24H26N4O4/c1-17(21-7-3-4-14-25-21)27-22-13-10-19(16-23(22)28(30)31)24(29)26-15-5-6-18-8-11-20(32-2)12-9-18/h3-4,7-14,16-17,27H,5-6,15H2,1-2H3,(H,26,29). The van der Waals surface area contributed by atoms with Gasteiger partial charge in [-0.25, -0.2) is 0 Å². The summed E-state index contributed by atoms with van der Waals surface area (Å²) in [5.41, 5.74) is 2.34. The van der Waals surface area contributed by atoms with E-state index in [1.807, 2.05) is 49.4 Å². The summed E-state index contributed by atoms with van der Waals surface area (Å²) in [6, 6.07) is 17.5. The van der Waals surface area contributed by atoms with Crippen molar-refractivity contribution in [2.45, 2.75) is 25.8 Å². The van der Waals surface area contributed by atoms with Crippen LogP contribution in [0.15, 0.2) is 66.9 Å². The van der Waals surface area contributed by atoms with Crippen molar-refractivity contribution in [1.29, 1.82) is 0 Å². The summed E-state index contributed by atoms with van der Waals surface area (Å²) in [4.78, 5) is 27.8. The Morgan fingerprint density at radius 3 is 2.59 bits per heavy atom. The number of aromatic nitrogens is 1. The third-order valence-corrected chi connectivity index (χ3v) is 5.05. The summed E-state index contributed by atoms with van der Waals surface area (Å²) >= 11 is 0. The molecule has 0 radical (unpaired) electrons. The van der Waals surface area contributed by atoms with Gasteiger partial charge in [0.05, 0.1) is 23.8 Å². The first kappa shape index (κ1) is 22.7. The Bertz CT molecular complexity index is 1060. The van der Waals surface area contributed by atoms with Crippen molar-refractivity contribution in [2.75, 3.05) is 19.0 Å². The molecule has 2 aromatic carbocycles. The van der Waals surface area contributed by atoms with Crippen LogP contribution < -0.4 is 15.4 Å². The number of nitrogens with one attached hydrogen (secondary N) is 2. The van der Waals surface area contributed by atoms with E-state index in [9.17, 15) is 14.9 Å². The topological polar surface area (TPSA) is 106 Å². The first-order valence-electron chi connectivity index (χ1n) is 10.3. The second kappa shape index (κ2) is 10.9. The number of methoxy groups -OCH3 is 1. The van der Waals surface area contributed by atoms with E-state index in [1.165, 1.54) is 6.07 Å². The SMILES string of the molecule is COc1ccc(CCCNC(=O)c2ccc(NC(C)c3ccccn3)c([N+](=O)[O-])c2)cc1. The Labute approximate surface area is 186 Å². The van der Waals surface area contributed by atoms with Gasteiger partial charge in [0.1, 0.15) is 11.4 Å². The third kappa shape index (κ3) is 6.04. The van der Waals surface area contributed by atoms with E-state index in [1.54, 1.807) is 25.4 Å². The Hall–Kier alpha value is -3.94. The number of rotatable bonds is 10. The maximum Gasteiger partial charge on any atom is 0.293 e. The summed E-state index contributed by atoms with van der Waals surface area (Å²) in [5, 5.41) is 17.5. The molecule has 3 rings (SSSR count). The number of carbonyl (C=O) groups excluding carboxylic acids is 1. The average molecular weight is 434 g/mol. The monoisotopic (exact) mass is 434 g/mol. The normalized spacial score (nSPS) is 11.4. The largest absolute Gasteiger partial charge is 0.497 e. The zero-order valence-corrected chi connectivity index (χ0v) is 18.1. The molecular formula is C24H26N4O4. The Morgan fingerprint density at radius 2 is 1.94 bits per heavy atom. The molecule has 0 aliphatic carbocycles. The van der Waals surface area contributed by atoms with Gasteiger partial charge in [-0.2, -0.15) is 0 Å². The quantitative estimate of drug-likeness (QED) is 0.276. The zero-order valence-electron chi connectivity index (χ0n) is 18.1. The molecule has 0 saturated heterocycles. The Morgan fingerprint density at radius 1 is 1.16 bits per heavy atom. The van der Waals surface area contributed by atoms with E-state index in [0.717, 1.165) is 29.8 Å². The van der Waals surface area contributed by atoms with Crippen LogP contribution in [0.4, 0.5) is 11.4 Å². The van der Waals surface area contributed by atoms with E-state index in [-0.39, 0.29) is 23.2 Å². The third-order valence-electron chi connectivity index (χ3n) is 5.05. The smallest absolute Gasteiger partial charge is 0.293 e. The molecule has 8 nitrogen and oxygen atoms in total. The molecule has 1 aromatic heterocycles. The van der Waals surface area contributed by atoms with Gasteiger partial charge in [0.25, 0.3) is 11.6 Å². The molecule has 0 saturated carbocycles. The molecule has 8 heteroatoms. The van der Waals surface area contributed by atoms with Crippen molar-refractivity contribution in [1.82, 2.24) is 10.3 Å². The molecule has 0 aliphatic heterocycles. The van der Waals surface area contributed by atoms with Crippen LogP contribution in [-0.4, -0.2) is 29.5 Å². The number of nitro benzene ring substituents is 1. The number of hydrogen-bond donors (Lipinski definition) is 2. The number of nitro groups is 1. The number of hydrogen-bond acceptors (Lipinski definition) is 6. The van der Waals surface area contributed by atoms with Crippen LogP contribution in [0.3, 0.4) is 0 Å². The van der Waals surface area contributed by atoms with Crippen LogP contribution in [0.1, 0.15) is 41.0 Å². The number of nitrogens with zero attached hydrogens (tertiary/aromatic N) is 2. The van der Waals surface area contributed by atoms with Gasteiger partial charge in [0, 0.05) is 24.4 Å². The van der Waals surface area contributed by atoms with Crippen LogP contribution in [0.25, 0.3) is 0 Å². The summed E-state index contributed by atoms with van der Waals surface area (Å²) in [6.07, 6.45) is 3.23. The number of carbonyl (C=O) groups is 1. The Kier molecular flexibility index (Phi) is 7.75. The zero-order chi connectivity index (χ0) is 22.9. The molecule has 1 heterocycles. The molecule has 1 amide bonds. The fraction of sp³-hybridized carbons (Fsp3) is 0.250. The van der Waals surface area contributed by atoms with Gasteiger partial charge < -0.3 is 15.4 Å². The van der Waals surface area contributed by atoms with E-state index >= 15 is 0 Å². The minimum absolute atomic E-state index is 0.154. The lowest BCUT2D eigenvalue weighted by Crippen LogP contribution is -2.25. The molecule has 1 unspecified atom stereocenters. The molecular weight excluding hydrogens is 408 g/mol. The summed E-state index contributed by atoms with van der Waals surface area (Å²) in [7, 11) is 1.62. The molecule has 0 bridgehead atoms. The lowest BCUT2D eigenvalue weighted by atomic mass is 10.1. The van der Waals surface area contributed by atoms with E-state index < -0.39 is 4.92 Å². The van der Waals surface area contributed by atoms with Crippen LogP contribution >= 0.6 is 0 Å². The summed E-state index contributed by atoms with van der Waals surface area (Å²) < 4.78 is 5.14. The predicted molar refractivity (Wildman–Crippen MR) is 123 cm³/mol. The lowest BCUT2D eigenvalue weighted by molar-refractivity contribution is -0.384. The molecule has 0 aliphatic rings. The van der Waals surface area contributed by atoms with Crippen LogP contribution in [0.5, 0.6) is 5.75 Å². The molecule has 0 spiro atoms. The summed E-state index contributed by atoms with van der Waals surface area (Å²) in [6.45, 7) is 2.34. The maximum atomic E-state index is 12.5. The summed E-state index contributed by atoms with van der Waals surface area (Å²) in [5.74, 6) is 0.461. The first-order chi connectivity index (χ1) is 15.5. The van der Waals surface area contributed by atoms with Crippen molar-refractivity contribution in [3.8, 4) is 5.75 Å². The highest BCUT2D eigenvalue weighted by Crippen LogP contribution is 2.29. The van der Waals surface area contributed by atoms with Gasteiger partial charge in [-0.15, -0.1) is 0 Å². The Balaban J connectivity index is 1.58. The predicted octanol–water partition coefficient (Wildman–Crippen LogP) is 4.53. The highest BCUT2D eigenvalue weighted by molar-refractivity contribution is 5.95. The fourth-order valence-corrected chi connectivity index (χ4v) is 3.27. The van der Waals surface area contributed by atoms with Crippen molar-refractivity contribution >= 4 is 17.3 Å². The van der Waals surface area contributed by atoms with Crippen molar-refractivity contribution in [3.63, 3.8) is 0 Å². The second-order valence-electron chi connectivity index (χ2n) is 7.32. The van der Waals surface area contributed by atoms with Crippen molar-refractivity contribution in [2.24, 2.45) is 0 Å². The van der Waals surface area contributed by atoms with Crippen molar-refractivity contribution in [3.05, 3.63) is 93.8 Å². The van der Waals surface area contributed by atoms with Gasteiger partial charge in [0.2, 0.25) is 0 Å².